The zero-order chi connectivity index (χ0) is 18.9. The molecule has 136 valence electrons. The van der Waals surface area contributed by atoms with Crippen LogP contribution in [-0.4, -0.2) is 30.0 Å². The van der Waals surface area contributed by atoms with Gasteiger partial charge >= 0.3 is 0 Å². The fourth-order valence-electron chi connectivity index (χ4n) is 2.76. The van der Waals surface area contributed by atoms with Crippen LogP contribution in [0, 0.1) is 25.2 Å². The maximum atomic E-state index is 12.9. The first-order valence-corrected chi connectivity index (χ1v) is 8.95. The number of aryl methyl sites for hydroxylation is 2. The van der Waals surface area contributed by atoms with Crippen LogP contribution >= 0.6 is 0 Å². The quantitative estimate of drug-likeness (QED) is 0.721. The molecule has 0 N–H and O–H groups in total. The van der Waals surface area contributed by atoms with Crippen LogP contribution in [0.2, 0.25) is 0 Å². The third-order valence-corrected chi connectivity index (χ3v) is 4.31. The molecule has 0 spiro atoms. The van der Waals surface area contributed by atoms with Crippen molar-refractivity contribution in [1.82, 2.24) is 4.90 Å². The summed E-state index contributed by atoms with van der Waals surface area (Å²) in [6, 6.07) is 18.1. The summed E-state index contributed by atoms with van der Waals surface area (Å²) in [5.41, 5.74) is 3.27. The summed E-state index contributed by atoms with van der Waals surface area (Å²) >= 11 is 0. The van der Waals surface area contributed by atoms with Gasteiger partial charge in [-0.3, -0.25) is 4.79 Å². The molecule has 0 fully saturated rings. The Balaban J connectivity index is 2.04. The number of nitrogens with zero attached hydrogens (tertiary/aromatic N) is 2. The fourth-order valence-corrected chi connectivity index (χ4v) is 2.76. The van der Waals surface area contributed by atoms with Crippen LogP contribution in [0.15, 0.2) is 48.5 Å². The van der Waals surface area contributed by atoms with Gasteiger partial charge in [-0.1, -0.05) is 42.5 Å². The molecule has 0 bridgehead atoms. The summed E-state index contributed by atoms with van der Waals surface area (Å²) in [5, 5.41) is 8.90. The zero-order valence-corrected chi connectivity index (χ0v) is 15.7. The summed E-state index contributed by atoms with van der Waals surface area (Å²) in [6.07, 6.45) is 0.482. The maximum absolute atomic E-state index is 12.9. The van der Waals surface area contributed by atoms with Crippen molar-refractivity contribution < 1.29 is 9.53 Å². The molecule has 0 saturated heterocycles. The molecule has 1 atom stereocenters. The molecular weight excluding hydrogens is 324 g/mol. The molecule has 1 unspecified atom stereocenters. The molecule has 0 radical (unpaired) electrons. The van der Waals surface area contributed by atoms with Gasteiger partial charge in [0.25, 0.3) is 5.91 Å². The Hall–Kier alpha value is -2.80. The minimum atomic E-state index is -0.593. The first-order valence-electron chi connectivity index (χ1n) is 8.95. The third-order valence-electron chi connectivity index (χ3n) is 4.31. The Morgan fingerprint density at radius 3 is 2.58 bits per heavy atom. The van der Waals surface area contributed by atoms with Crippen LogP contribution < -0.4 is 4.74 Å². The highest BCUT2D eigenvalue weighted by molar-refractivity contribution is 5.81. The molecule has 0 saturated carbocycles. The Morgan fingerprint density at radius 2 is 1.88 bits per heavy atom. The molecule has 4 heteroatoms. The molecule has 2 rings (SSSR count). The van der Waals surface area contributed by atoms with Crippen molar-refractivity contribution in [1.29, 1.82) is 5.26 Å². The molecule has 2 aromatic rings. The number of hydrogen-bond donors (Lipinski definition) is 0. The SMILES string of the molecule is Cc1ccc(C)c(OC(C)C(=O)N(CCC#N)CCc2ccccc2)c1. The van der Waals surface area contributed by atoms with Gasteiger partial charge in [0.2, 0.25) is 0 Å². The van der Waals surface area contributed by atoms with Gasteiger partial charge in [-0.25, -0.2) is 0 Å². The number of rotatable bonds is 8. The van der Waals surface area contributed by atoms with Crippen LogP contribution in [0.3, 0.4) is 0 Å². The van der Waals surface area contributed by atoms with E-state index in [1.54, 1.807) is 11.8 Å². The second-order valence-corrected chi connectivity index (χ2v) is 6.50. The molecule has 0 aliphatic heterocycles. The molecular formula is C22H26N2O2. The monoisotopic (exact) mass is 350 g/mol. The summed E-state index contributed by atoms with van der Waals surface area (Å²) < 4.78 is 5.93. The van der Waals surface area contributed by atoms with E-state index >= 15 is 0 Å². The Morgan fingerprint density at radius 1 is 1.15 bits per heavy atom. The highest BCUT2D eigenvalue weighted by atomic mass is 16.5. The van der Waals surface area contributed by atoms with Gasteiger partial charge in [-0.15, -0.1) is 0 Å². The Labute approximate surface area is 156 Å². The van der Waals surface area contributed by atoms with Crippen molar-refractivity contribution in [2.24, 2.45) is 0 Å². The number of benzene rings is 2. The van der Waals surface area contributed by atoms with E-state index in [2.05, 4.69) is 6.07 Å². The minimum Gasteiger partial charge on any atom is -0.481 e. The lowest BCUT2D eigenvalue weighted by Gasteiger charge is -2.26. The van der Waals surface area contributed by atoms with E-state index in [0.29, 0.717) is 19.5 Å². The van der Waals surface area contributed by atoms with Crippen molar-refractivity contribution in [2.75, 3.05) is 13.1 Å². The van der Waals surface area contributed by atoms with E-state index in [1.807, 2.05) is 62.4 Å². The van der Waals surface area contributed by atoms with Gasteiger partial charge in [0, 0.05) is 13.1 Å². The van der Waals surface area contributed by atoms with Crippen LogP contribution in [0.1, 0.15) is 30.0 Å². The number of ether oxygens (including phenoxy) is 1. The van der Waals surface area contributed by atoms with Crippen molar-refractivity contribution >= 4 is 5.91 Å². The predicted octanol–water partition coefficient (Wildman–Crippen LogP) is 4.06. The molecule has 4 nitrogen and oxygen atoms in total. The number of nitriles is 1. The topological polar surface area (TPSA) is 53.3 Å². The molecule has 0 aliphatic rings. The standard InChI is InChI=1S/C22H26N2O2/c1-17-10-11-18(2)21(16-17)26-19(3)22(25)24(14-7-13-23)15-12-20-8-5-4-6-9-20/h4-6,8-11,16,19H,7,12,14-15H2,1-3H3. The maximum Gasteiger partial charge on any atom is 0.263 e. The highest BCUT2D eigenvalue weighted by Gasteiger charge is 2.22. The second-order valence-electron chi connectivity index (χ2n) is 6.50. The normalized spacial score (nSPS) is 11.5. The average molecular weight is 350 g/mol. The van der Waals surface area contributed by atoms with Crippen LogP contribution in [0.5, 0.6) is 5.75 Å². The van der Waals surface area contributed by atoms with Gasteiger partial charge in [0.1, 0.15) is 5.75 Å². The van der Waals surface area contributed by atoms with Crippen LogP contribution in [0.25, 0.3) is 0 Å². The summed E-state index contributed by atoms with van der Waals surface area (Å²) in [5.74, 6) is 0.645. The Kier molecular flexibility index (Phi) is 7.23. The van der Waals surface area contributed by atoms with E-state index in [1.165, 1.54) is 5.56 Å². The van der Waals surface area contributed by atoms with Crippen molar-refractivity contribution in [3.8, 4) is 11.8 Å². The number of amides is 1. The third kappa shape index (κ3) is 5.63. The van der Waals surface area contributed by atoms with Crippen LogP contribution in [0.4, 0.5) is 0 Å². The van der Waals surface area contributed by atoms with E-state index < -0.39 is 6.10 Å². The summed E-state index contributed by atoms with van der Waals surface area (Å²) in [4.78, 5) is 14.6. The molecule has 0 heterocycles. The minimum absolute atomic E-state index is 0.0860. The highest BCUT2D eigenvalue weighted by Crippen LogP contribution is 2.21. The number of carbonyl (C=O) groups excluding carboxylic acids is 1. The van der Waals surface area contributed by atoms with Gasteiger partial charge < -0.3 is 9.64 Å². The molecule has 0 aromatic heterocycles. The average Bonchev–Trinajstić information content (AvgIpc) is 2.65. The first kappa shape index (κ1) is 19.5. The van der Waals surface area contributed by atoms with E-state index in [-0.39, 0.29) is 5.91 Å². The molecule has 26 heavy (non-hydrogen) atoms. The summed E-state index contributed by atoms with van der Waals surface area (Å²) in [7, 11) is 0. The number of hydrogen-bond acceptors (Lipinski definition) is 3. The molecule has 2 aromatic carbocycles. The lowest BCUT2D eigenvalue weighted by molar-refractivity contribution is -0.137. The summed E-state index contributed by atoms with van der Waals surface area (Å²) in [6.45, 7) is 6.73. The largest absolute Gasteiger partial charge is 0.481 e. The van der Waals surface area contributed by atoms with E-state index in [9.17, 15) is 4.79 Å². The Bertz CT molecular complexity index is 765. The fraction of sp³-hybridized carbons (Fsp3) is 0.364. The first-order chi connectivity index (χ1) is 12.5. The van der Waals surface area contributed by atoms with Gasteiger partial charge in [0.15, 0.2) is 6.10 Å². The van der Waals surface area contributed by atoms with E-state index in [0.717, 1.165) is 23.3 Å². The van der Waals surface area contributed by atoms with Crippen molar-refractivity contribution in [2.45, 2.75) is 39.7 Å². The van der Waals surface area contributed by atoms with E-state index in [4.69, 9.17) is 10.00 Å². The van der Waals surface area contributed by atoms with Gasteiger partial charge in [-0.05, 0) is 49.9 Å². The second kappa shape index (κ2) is 9.62. The molecule has 1 amide bonds. The smallest absolute Gasteiger partial charge is 0.263 e. The van der Waals surface area contributed by atoms with Gasteiger partial charge in [0.05, 0.1) is 12.5 Å². The predicted molar refractivity (Wildman–Crippen MR) is 103 cm³/mol. The van der Waals surface area contributed by atoms with Crippen molar-refractivity contribution in [3.05, 3.63) is 65.2 Å². The lowest BCUT2D eigenvalue weighted by Crippen LogP contribution is -2.42. The van der Waals surface area contributed by atoms with Gasteiger partial charge in [-0.2, -0.15) is 5.26 Å². The molecule has 0 aliphatic carbocycles. The number of carbonyl (C=O) groups is 1. The zero-order valence-electron chi connectivity index (χ0n) is 15.7. The van der Waals surface area contributed by atoms with Crippen molar-refractivity contribution in [3.63, 3.8) is 0 Å². The van der Waals surface area contributed by atoms with Crippen LogP contribution in [-0.2, 0) is 11.2 Å². The lowest BCUT2D eigenvalue weighted by atomic mass is 10.1.